The highest BCUT2D eigenvalue weighted by molar-refractivity contribution is 7.88. The Morgan fingerprint density at radius 3 is 2.62 bits per heavy atom. The van der Waals surface area contributed by atoms with E-state index in [-0.39, 0.29) is 5.84 Å². The number of nitrogens with one attached hydrogen (secondary N) is 1. The molecule has 0 unspecified atom stereocenters. The number of amidine groups is 1. The van der Waals surface area contributed by atoms with Gasteiger partial charge in [-0.05, 0) is 13.0 Å². The zero-order valence-corrected chi connectivity index (χ0v) is 10.5. The monoisotopic (exact) mass is 252 g/mol. The zero-order valence-electron chi connectivity index (χ0n) is 9.68. The van der Waals surface area contributed by atoms with E-state index in [0.717, 1.165) is 0 Å². The SMILES string of the molecule is CCN(CCCNCC(N)=NO)S(C)(=O)=O. The van der Waals surface area contributed by atoms with Gasteiger partial charge in [-0.2, -0.15) is 0 Å². The third kappa shape index (κ3) is 6.59. The minimum Gasteiger partial charge on any atom is -0.409 e. The number of nitrogens with zero attached hydrogens (tertiary/aromatic N) is 2. The van der Waals surface area contributed by atoms with Crippen molar-refractivity contribution >= 4 is 15.9 Å². The first-order valence-electron chi connectivity index (χ1n) is 5.04. The van der Waals surface area contributed by atoms with E-state index in [0.29, 0.717) is 32.6 Å². The van der Waals surface area contributed by atoms with Crippen LogP contribution in [0.4, 0.5) is 0 Å². The number of hydrogen-bond acceptors (Lipinski definition) is 5. The fourth-order valence-electron chi connectivity index (χ4n) is 1.19. The summed E-state index contributed by atoms with van der Waals surface area (Å²) in [7, 11) is -3.11. The summed E-state index contributed by atoms with van der Waals surface area (Å²) in [4.78, 5) is 0. The van der Waals surface area contributed by atoms with Gasteiger partial charge in [0.25, 0.3) is 0 Å². The molecule has 0 aliphatic heterocycles. The molecule has 0 aromatic heterocycles. The normalized spacial score (nSPS) is 13.3. The van der Waals surface area contributed by atoms with Gasteiger partial charge in [0, 0.05) is 13.1 Å². The lowest BCUT2D eigenvalue weighted by Gasteiger charge is -2.17. The maximum Gasteiger partial charge on any atom is 0.211 e. The Bertz CT molecular complexity index is 315. The Kier molecular flexibility index (Phi) is 7.02. The third-order valence-electron chi connectivity index (χ3n) is 2.02. The highest BCUT2D eigenvalue weighted by Crippen LogP contribution is 1.97. The Hall–Kier alpha value is -0.860. The van der Waals surface area contributed by atoms with Crippen LogP contribution in [-0.4, -0.2) is 56.2 Å². The van der Waals surface area contributed by atoms with E-state index in [1.54, 1.807) is 6.92 Å². The number of rotatable bonds is 8. The molecule has 0 aliphatic rings. The van der Waals surface area contributed by atoms with E-state index in [1.165, 1.54) is 10.6 Å². The molecule has 0 aliphatic carbocycles. The van der Waals surface area contributed by atoms with Gasteiger partial charge in [0.1, 0.15) is 0 Å². The van der Waals surface area contributed by atoms with E-state index >= 15 is 0 Å². The third-order valence-corrected chi connectivity index (χ3v) is 3.40. The Morgan fingerprint density at radius 1 is 1.56 bits per heavy atom. The molecular weight excluding hydrogens is 232 g/mol. The van der Waals surface area contributed by atoms with Crippen LogP contribution in [0.5, 0.6) is 0 Å². The topological polar surface area (TPSA) is 108 Å². The zero-order chi connectivity index (χ0) is 12.6. The fourth-order valence-corrected chi connectivity index (χ4v) is 2.12. The summed E-state index contributed by atoms with van der Waals surface area (Å²) in [5.74, 6) is 0.107. The molecule has 96 valence electrons. The van der Waals surface area contributed by atoms with E-state index in [9.17, 15) is 8.42 Å². The Morgan fingerprint density at radius 2 is 2.19 bits per heavy atom. The second-order valence-electron chi connectivity index (χ2n) is 3.38. The summed E-state index contributed by atoms with van der Waals surface area (Å²) >= 11 is 0. The predicted molar refractivity (Wildman–Crippen MR) is 63.0 cm³/mol. The summed E-state index contributed by atoms with van der Waals surface area (Å²) in [5, 5.41) is 14.0. The van der Waals surface area contributed by atoms with E-state index in [2.05, 4.69) is 10.5 Å². The lowest BCUT2D eigenvalue weighted by atomic mass is 10.4. The summed E-state index contributed by atoms with van der Waals surface area (Å²) in [5.41, 5.74) is 5.24. The molecule has 0 bridgehead atoms. The van der Waals surface area contributed by atoms with Crippen molar-refractivity contribution in [1.29, 1.82) is 0 Å². The van der Waals surface area contributed by atoms with Gasteiger partial charge >= 0.3 is 0 Å². The first kappa shape index (κ1) is 15.1. The van der Waals surface area contributed by atoms with Gasteiger partial charge in [-0.3, -0.25) is 0 Å². The standard InChI is InChI=1S/C8H20N4O3S/c1-3-12(16(2,14)15)6-4-5-10-7-8(9)11-13/h10,13H,3-7H2,1-2H3,(H2,9,11). The van der Waals surface area contributed by atoms with Crippen molar-refractivity contribution in [2.45, 2.75) is 13.3 Å². The summed E-state index contributed by atoms with van der Waals surface area (Å²) in [6.45, 7) is 3.65. The highest BCUT2D eigenvalue weighted by atomic mass is 32.2. The fraction of sp³-hybridized carbons (Fsp3) is 0.875. The Labute approximate surface area is 96.3 Å². The molecule has 0 aromatic carbocycles. The highest BCUT2D eigenvalue weighted by Gasteiger charge is 2.12. The van der Waals surface area contributed by atoms with Crippen molar-refractivity contribution in [2.24, 2.45) is 10.9 Å². The van der Waals surface area contributed by atoms with E-state index < -0.39 is 10.0 Å². The first-order chi connectivity index (χ1) is 7.41. The van der Waals surface area contributed by atoms with Crippen molar-refractivity contribution in [3.8, 4) is 0 Å². The molecule has 7 nitrogen and oxygen atoms in total. The number of oxime groups is 1. The second kappa shape index (κ2) is 7.42. The summed E-state index contributed by atoms with van der Waals surface area (Å²) in [6.07, 6.45) is 1.87. The largest absolute Gasteiger partial charge is 0.409 e. The molecule has 8 heteroatoms. The van der Waals surface area contributed by atoms with E-state index in [1.807, 2.05) is 0 Å². The number of sulfonamides is 1. The van der Waals surface area contributed by atoms with Crippen LogP contribution in [0.15, 0.2) is 5.16 Å². The molecular formula is C8H20N4O3S. The van der Waals surface area contributed by atoms with E-state index in [4.69, 9.17) is 10.9 Å². The molecule has 0 atom stereocenters. The smallest absolute Gasteiger partial charge is 0.211 e. The van der Waals surface area contributed by atoms with Gasteiger partial charge in [0.05, 0.1) is 12.8 Å². The first-order valence-corrected chi connectivity index (χ1v) is 6.88. The molecule has 0 amide bonds. The van der Waals surface area contributed by atoms with Crippen LogP contribution in [0.25, 0.3) is 0 Å². The van der Waals surface area contributed by atoms with Gasteiger partial charge in [-0.1, -0.05) is 12.1 Å². The lowest BCUT2D eigenvalue weighted by Crippen LogP contribution is -2.34. The van der Waals surface area contributed by atoms with Gasteiger partial charge in [-0.15, -0.1) is 0 Å². The average molecular weight is 252 g/mol. The van der Waals surface area contributed by atoms with Crippen LogP contribution in [0.2, 0.25) is 0 Å². The van der Waals surface area contributed by atoms with Crippen LogP contribution in [-0.2, 0) is 10.0 Å². The summed E-state index contributed by atoms with van der Waals surface area (Å²) < 4.78 is 23.8. The summed E-state index contributed by atoms with van der Waals surface area (Å²) in [6, 6.07) is 0. The molecule has 0 rings (SSSR count). The molecule has 0 heterocycles. The number of nitrogens with two attached hydrogens (primary N) is 1. The van der Waals surface area contributed by atoms with Gasteiger partial charge < -0.3 is 16.3 Å². The average Bonchev–Trinajstić information content (AvgIpc) is 2.20. The molecule has 0 aromatic rings. The quantitative estimate of drug-likeness (QED) is 0.169. The molecule has 0 saturated heterocycles. The van der Waals surface area contributed by atoms with Crippen molar-refractivity contribution < 1.29 is 13.6 Å². The molecule has 16 heavy (non-hydrogen) atoms. The van der Waals surface area contributed by atoms with Crippen molar-refractivity contribution in [3.63, 3.8) is 0 Å². The Balaban J connectivity index is 3.73. The van der Waals surface area contributed by atoms with Crippen molar-refractivity contribution in [3.05, 3.63) is 0 Å². The van der Waals surface area contributed by atoms with Crippen LogP contribution >= 0.6 is 0 Å². The van der Waals surface area contributed by atoms with Crippen LogP contribution in [0.1, 0.15) is 13.3 Å². The molecule has 0 saturated carbocycles. The maximum absolute atomic E-state index is 11.2. The minimum absolute atomic E-state index is 0.107. The van der Waals surface area contributed by atoms with Crippen LogP contribution < -0.4 is 11.1 Å². The second-order valence-corrected chi connectivity index (χ2v) is 5.36. The van der Waals surface area contributed by atoms with Gasteiger partial charge in [0.15, 0.2) is 5.84 Å². The molecule has 0 radical (unpaired) electrons. The molecule has 0 fully saturated rings. The lowest BCUT2D eigenvalue weighted by molar-refractivity contribution is 0.317. The number of hydrogen-bond donors (Lipinski definition) is 3. The maximum atomic E-state index is 11.2. The van der Waals surface area contributed by atoms with Crippen LogP contribution in [0.3, 0.4) is 0 Å². The molecule has 0 spiro atoms. The molecule has 4 N–H and O–H groups in total. The van der Waals surface area contributed by atoms with Crippen LogP contribution in [0, 0.1) is 0 Å². The van der Waals surface area contributed by atoms with Crippen molar-refractivity contribution in [1.82, 2.24) is 9.62 Å². The van der Waals surface area contributed by atoms with Gasteiger partial charge in [0.2, 0.25) is 10.0 Å². The predicted octanol–water partition coefficient (Wildman–Crippen LogP) is -1.01. The van der Waals surface area contributed by atoms with Crippen molar-refractivity contribution in [2.75, 3.05) is 32.4 Å². The van der Waals surface area contributed by atoms with Gasteiger partial charge in [-0.25, -0.2) is 12.7 Å². The minimum atomic E-state index is -3.11.